The van der Waals surface area contributed by atoms with Gasteiger partial charge < -0.3 is 0 Å². The van der Waals surface area contributed by atoms with Crippen LogP contribution in [0, 0.1) is 6.92 Å². The Morgan fingerprint density at radius 3 is 2.55 bits per heavy atom. The fraction of sp³-hybridized carbons (Fsp3) is 0.0769. The van der Waals surface area contributed by atoms with Crippen LogP contribution >= 0.6 is 23.2 Å². The van der Waals surface area contributed by atoms with E-state index in [1.54, 1.807) is 24.4 Å². The first-order valence-corrected chi connectivity index (χ1v) is 8.40. The summed E-state index contributed by atoms with van der Waals surface area (Å²) in [6.07, 6.45) is 1.64. The van der Waals surface area contributed by atoms with Gasteiger partial charge in [-0.2, -0.15) is 13.4 Å². The second-order valence-corrected chi connectivity index (χ2v) is 6.99. The highest BCUT2D eigenvalue weighted by molar-refractivity contribution is 7.92. The number of halogens is 2. The van der Waals surface area contributed by atoms with E-state index in [1.807, 2.05) is 6.92 Å². The van der Waals surface area contributed by atoms with E-state index in [4.69, 9.17) is 23.2 Å². The molecular formula is C13H10Cl2N4O2S. The van der Waals surface area contributed by atoms with Crippen LogP contribution in [0.3, 0.4) is 0 Å². The fourth-order valence-corrected chi connectivity index (χ4v) is 3.45. The van der Waals surface area contributed by atoms with Gasteiger partial charge in [-0.25, -0.2) is 4.52 Å². The first-order chi connectivity index (χ1) is 10.4. The molecule has 0 radical (unpaired) electrons. The van der Waals surface area contributed by atoms with Crippen LogP contribution in [0.25, 0.3) is 5.65 Å². The molecule has 0 aliphatic carbocycles. The Morgan fingerprint density at radius 2 is 1.86 bits per heavy atom. The van der Waals surface area contributed by atoms with E-state index in [9.17, 15) is 8.42 Å². The number of aryl methyl sites for hydroxylation is 1. The van der Waals surface area contributed by atoms with Gasteiger partial charge in [0.1, 0.15) is 0 Å². The summed E-state index contributed by atoms with van der Waals surface area (Å²) < 4.78 is 28.5. The van der Waals surface area contributed by atoms with Gasteiger partial charge in [0.25, 0.3) is 15.2 Å². The second-order valence-electron chi connectivity index (χ2n) is 4.60. The third-order valence-corrected chi connectivity index (χ3v) is 4.67. The van der Waals surface area contributed by atoms with Gasteiger partial charge in [-0.3, -0.25) is 4.72 Å². The Bertz CT molecular complexity index is 949. The van der Waals surface area contributed by atoms with Crippen molar-refractivity contribution < 1.29 is 8.42 Å². The van der Waals surface area contributed by atoms with E-state index in [-0.39, 0.29) is 20.9 Å². The lowest BCUT2D eigenvalue weighted by atomic mass is 10.3. The standard InChI is InChI=1S/C13H10Cl2N4O2S/c1-8-5-6-19-11(7-8)16-13(17-19)22(20,21)18-12-9(14)3-2-4-10(12)15/h2-7,18H,1H3. The minimum absolute atomic E-state index is 0.0980. The highest BCUT2D eigenvalue weighted by atomic mass is 35.5. The van der Waals surface area contributed by atoms with Crippen molar-refractivity contribution >= 4 is 44.6 Å². The zero-order chi connectivity index (χ0) is 15.9. The number of nitrogens with zero attached hydrogens (tertiary/aromatic N) is 3. The molecule has 0 saturated heterocycles. The molecule has 0 spiro atoms. The molecule has 0 atom stereocenters. The largest absolute Gasteiger partial charge is 0.299 e. The van der Waals surface area contributed by atoms with Gasteiger partial charge in [-0.15, -0.1) is 5.10 Å². The predicted molar refractivity (Wildman–Crippen MR) is 85.0 cm³/mol. The monoisotopic (exact) mass is 356 g/mol. The van der Waals surface area contributed by atoms with Crippen molar-refractivity contribution in [2.75, 3.05) is 4.72 Å². The summed E-state index contributed by atoms with van der Waals surface area (Å²) in [6, 6.07) is 8.22. The Kier molecular flexibility index (Phi) is 3.72. The Labute approximate surface area is 136 Å². The number of pyridine rings is 1. The van der Waals surface area contributed by atoms with Crippen molar-refractivity contribution in [2.24, 2.45) is 0 Å². The molecule has 0 aliphatic rings. The Balaban J connectivity index is 2.05. The van der Waals surface area contributed by atoms with E-state index in [0.717, 1.165) is 5.56 Å². The van der Waals surface area contributed by atoms with Crippen molar-refractivity contribution in [3.63, 3.8) is 0 Å². The second kappa shape index (κ2) is 5.42. The lowest BCUT2D eigenvalue weighted by molar-refractivity contribution is 0.592. The van der Waals surface area contributed by atoms with Gasteiger partial charge in [0.05, 0.1) is 15.7 Å². The summed E-state index contributed by atoms with van der Waals surface area (Å²) in [4.78, 5) is 4.02. The van der Waals surface area contributed by atoms with Crippen LogP contribution in [0.1, 0.15) is 5.56 Å². The minimum Gasteiger partial charge on any atom is -0.274 e. The van der Waals surface area contributed by atoms with Crippen molar-refractivity contribution in [3.05, 3.63) is 52.1 Å². The zero-order valence-electron chi connectivity index (χ0n) is 11.3. The van der Waals surface area contributed by atoms with Crippen molar-refractivity contribution in [2.45, 2.75) is 12.1 Å². The molecule has 6 nitrogen and oxygen atoms in total. The number of nitrogens with one attached hydrogen (secondary N) is 1. The molecule has 3 rings (SSSR count). The third kappa shape index (κ3) is 2.75. The quantitative estimate of drug-likeness (QED) is 0.781. The van der Waals surface area contributed by atoms with Gasteiger partial charge in [0.2, 0.25) is 0 Å². The first-order valence-electron chi connectivity index (χ1n) is 6.17. The average molecular weight is 357 g/mol. The number of benzene rings is 1. The van der Waals surface area contributed by atoms with Gasteiger partial charge in [-0.1, -0.05) is 29.3 Å². The van der Waals surface area contributed by atoms with E-state index >= 15 is 0 Å². The maximum Gasteiger partial charge on any atom is 0.299 e. The van der Waals surface area contributed by atoms with Crippen LogP contribution in [0.4, 0.5) is 5.69 Å². The summed E-state index contributed by atoms with van der Waals surface area (Å²) in [7, 11) is -3.99. The molecule has 0 bridgehead atoms. The summed E-state index contributed by atoms with van der Waals surface area (Å²) >= 11 is 11.9. The molecule has 22 heavy (non-hydrogen) atoms. The van der Waals surface area contributed by atoms with Crippen LogP contribution in [0.15, 0.2) is 41.7 Å². The molecule has 0 saturated carbocycles. The summed E-state index contributed by atoms with van der Waals surface area (Å²) in [5.41, 5.74) is 1.48. The SMILES string of the molecule is Cc1ccn2nc(S(=O)(=O)Nc3c(Cl)cccc3Cl)nc2c1. The highest BCUT2D eigenvalue weighted by Gasteiger charge is 2.22. The maximum absolute atomic E-state index is 12.4. The van der Waals surface area contributed by atoms with E-state index in [1.165, 1.54) is 16.6 Å². The Morgan fingerprint density at radius 1 is 1.18 bits per heavy atom. The number of hydrogen-bond donors (Lipinski definition) is 1. The van der Waals surface area contributed by atoms with Crippen molar-refractivity contribution in [3.8, 4) is 0 Å². The number of fused-ring (bicyclic) bond motifs is 1. The number of hydrogen-bond acceptors (Lipinski definition) is 4. The molecule has 0 fully saturated rings. The van der Waals surface area contributed by atoms with Crippen molar-refractivity contribution in [1.29, 1.82) is 0 Å². The predicted octanol–water partition coefficient (Wildman–Crippen LogP) is 3.15. The van der Waals surface area contributed by atoms with Gasteiger partial charge in [0, 0.05) is 6.20 Å². The highest BCUT2D eigenvalue weighted by Crippen LogP contribution is 2.31. The molecule has 3 aromatic rings. The molecule has 1 aromatic carbocycles. The van der Waals surface area contributed by atoms with E-state index in [0.29, 0.717) is 5.65 Å². The summed E-state index contributed by atoms with van der Waals surface area (Å²) in [5.74, 6) is 0. The van der Waals surface area contributed by atoms with Gasteiger partial charge in [0.15, 0.2) is 5.65 Å². The summed E-state index contributed by atoms with van der Waals surface area (Å²) in [6.45, 7) is 1.88. The van der Waals surface area contributed by atoms with E-state index in [2.05, 4.69) is 14.8 Å². The fourth-order valence-electron chi connectivity index (χ4n) is 1.85. The van der Waals surface area contributed by atoms with Crippen LogP contribution in [-0.2, 0) is 10.0 Å². The molecule has 0 unspecified atom stereocenters. The lowest BCUT2D eigenvalue weighted by Crippen LogP contribution is -2.15. The molecule has 2 aromatic heterocycles. The van der Waals surface area contributed by atoms with Crippen molar-refractivity contribution in [1.82, 2.24) is 14.6 Å². The molecule has 1 N–H and O–H groups in total. The smallest absolute Gasteiger partial charge is 0.274 e. The molecule has 0 aliphatic heterocycles. The zero-order valence-corrected chi connectivity index (χ0v) is 13.6. The van der Waals surface area contributed by atoms with Crippen LogP contribution < -0.4 is 4.72 Å². The number of anilines is 1. The van der Waals surface area contributed by atoms with Crippen LogP contribution in [0.2, 0.25) is 10.0 Å². The summed E-state index contributed by atoms with van der Waals surface area (Å²) in [5, 5.41) is 3.98. The first kappa shape index (κ1) is 15.1. The molecule has 114 valence electrons. The molecular weight excluding hydrogens is 347 g/mol. The number of rotatable bonds is 3. The molecule has 2 heterocycles. The minimum atomic E-state index is -3.99. The molecule has 0 amide bonds. The Hall–Kier alpha value is -1.83. The normalized spacial score (nSPS) is 11.8. The van der Waals surface area contributed by atoms with E-state index < -0.39 is 10.0 Å². The topological polar surface area (TPSA) is 76.4 Å². The van der Waals surface area contributed by atoms with Gasteiger partial charge >= 0.3 is 0 Å². The van der Waals surface area contributed by atoms with Crippen LogP contribution in [-0.4, -0.2) is 23.0 Å². The molecule has 9 heteroatoms. The van der Waals surface area contributed by atoms with Crippen LogP contribution in [0.5, 0.6) is 0 Å². The number of aromatic nitrogens is 3. The number of sulfonamides is 1. The third-order valence-electron chi connectivity index (χ3n) is 2.91. The lowest BCUT2D eigenvalue weighted by Gasteiger charge is -2.08. The van der Waals surface area contributed by atoms with Gasteiger partial charge in [-0.05, 0) is 36.8 Å². The average Bonchev–Trinajstić information content (AvgIpc) is 2.87. The number of para-hydroxylation sites is 1. The maximum atomic E-state index is 12.4.